The second kappa shape index (κ2) is 6.22. The van der Waals surface area contributed by atoms with Gasteiger partial charge in [-0.2, -0.15) is 5.10 Å². The van der Waals surface area contributed by atoms with Crippen LogP contribution in [0, 0.1) is 13.8 Å². The van der Waals surface area contributed by atoms with Crippen molar-refractivity contribution in [1.29, 1.82) is 0 Å². The number of aromatic hydroxyl groups is 1. The van der Waals surface area contributed by atoms with Crippen molar-refractivity contribution >= 4 is 11.3 Å². The van der Waals surface area contributed by atoms with Crippen LogP contribution in [0.15, 0.2) is 66.7 Å². The lowest BCUT2D eigenvalue weighted by molar-refractivity contribution is 0.474. The average molecular weight is 346 g/mol. The van der Waals surface area contributed by atoms with Gasteiger partial charge >= 0.3 is 0 Å². The molecule has 0 radical (unpaired) electrons. The molecule has 4 rings (SSSR count). The largest absolute Gasteiger partial charge is 0.504 e. The van der Waals surface area contributed by atoms with Crippen LogP contribution >= 0.6 is 11.3 Å². The second-order valence-corrected chi connectivity index (χ2v) is 7.05. The van der Waals surface area contributed by atoms with Crippen molar-refractivity contribution in [3.05, 3.63) is 78.1 Å². The van der Waals surface area contributed by atoms with E-state index in [0.29, 0.717) is 0 Å². The molecule has 124 valence electrons. The molecule has 2 aromatic heterocycles. The molecule has 0 aliphatic rings. The molecule has 0 unspecified atom stereocenters. The van der Waals surface area contributed by atoms with Crippen molar-refractivity contribution in [2.24, 2.45) is 0 Å². The molecule has 0 saturated heterocycles. The summed E-state index contributed by atoms with van der Waals surface area (Å²) in [6.07, 6.45) is 0. The molecule has 0 aliphatic carbocycles. The molecule has 0 saturated carbocycles. The average Bonchev–Trinajstić information content (AvgIpc) is 3.15. The second-order valence-electron chi connectivity index (χ2n) is 6.03. The standard InChI is InChI=1S/C21H18N2OS/c1-14-13-15(2)23(22-14)18-19(24)21(17-11-7-4-8-12-17)25-20(18)16-9-5-3-6-10-16/h3-13,24H,1-2H3. The Bertz CT molecular complexity index is 1020. The van der Waals surface area contributed by atoms with Gasteiger partial charge in [-0.3, -0.25) is 0 Å². The lowest BCUT2D eigenvalue weighted by Crippen LogP contribution is -1.99. The van der Waals surface area contributed by atoms with Crippen LogP contribution in [-0.4, -0.2) is 14.9 Å². The van der Waals surface area contributed by atoms with Crippen LogP contribution in [-0.2, 0) is 0 Å². The van der Waals surface area contributed by atoms with Gasteiger partial charge in [0.05, 0.1) is 15.4 Å². The van der Waals surface area contributed by atoms with E-state index in [1.807, 2.05) is 73.1 Å². The van der Waals surface area contributed by atoms with Crippen LogP contribution in [0.5, 0.6) is 5.75 Å². The molecule has 0 amide bonds. The van der Waals surface area contributed by atoms with E-state index in [2.05, 4.69) is 17.2 Å². The molecule has 4 heteroatoms. The summed E-state index contributed by atoms with van der Waals surface area (Å²) in [4.78, 5) is 1.88. The highest BCUT2D eigenvalue weighted by molar-refractivity contribution is 7.19. The van der Waals surface area contributed by atoms with Crippen LogP contribution in [0.4, 0.5) is 0 Å². The zero-order valence-corrected chi connectivity index (χ0v) is 14.9. The van der Waals surface area contributed by atoms with E-state index in [1.54, 1.807) is 11.3 Å². The van der Waals surface area contributed by atoms with E-state index >= 15 is 0 Å². The number of benzene rings is 2. The van der Waals surface area contributed by atoms with Crippen molar-refractivity contribution in [2.45, 2.75) is 13.8 Å². The molecule has 2 heterocycles. The van der Waals surface area contributed by atoms with Gasteiger partial charge in [-0.25, -0.2) is 4.68 Å². The van der Waals surface area contributed by atoms with E-state index in [9.17, 15) is 5.11 Å². The first-order valence-corrected chi connectivity index (χ1v) is 8.97. The van der Waals surface area contributed by atoms with Gasteiger partial charge in [-0.1, -0.05) is 60.7 Å². The summed E-state index contributed by atoms with van der Waals surface area (Å²) in [6, 6.07) is 22.2. The molecule has 0 aliphatic heterocycles. The summed E-state index contributed by atoms with van der Waals surface area (Å²) in [5.41, 5.74) is 4.77. The Balaban J connectivity index is 2.01. The van der Waals surface area contributed by atoms with Gasteiger partial charge < -0.3 is 5.11 Å². The van der Waals surface area contributed by atoms with Gasteiger partial charge in [0, 0.05) is 5.69 Å². The Morgan fingerprint density at radius 1 is 0.840 bits per heavy atom. The van der Waals surface area contributed by atoms with Crippen LogP contribution in [0.3, 0.4) is 0 Å². The van der Waals surface area contributed by atoms with Gasteiger partial charge in [0.15, 0.2) is 5.75 Å². The maximum atomic E-state index is 11.1. The van der Waals surface area contributed by atoms with Gasteiger partial charge in [-0.15, -0.1) is 11.3 Å². The number of hydrogen-bond donors (Lipinski definition) is 1. The fourth-order valence-electron chi connectivity index (χ4n) is 3.04. The fourth-order valence-corrected chi connectivity index (χ4v) is 4.22. The van der Waals surface area contributed by atoms with Crippen LogP contribution in [0.1, 0.15) is 11.4 Å². The number of aromatic nitrogens is 2. The summed E-state index contributed by atoms with van der Waals surface area (Å²) >= 11 is 1.59. The zero-order chi connectivity index (χ0) is 17.4. The molecule has 3 nitrogen and oxygen atoms in total. The SMILES string of the molecule is Cc1cc(C)n(-c2c(-c3ccccc3)sc(-c3ccccc3)c2O)n1. The van der Waals surface area contributed by atoms with E-state index in [4.69, 9.17) is 0 Å². The van der Waals surface area contributed by atoms with Gasteiger partial charge in [-0.05, 0) is 31.0 Å². The molecule has 0 fully saturated rings. The maximum Gasteiger partial charge on any atom is 0.160 e. The van der Waals surface area contributed by atoms with Crippen molar-refractivity contribution < 1.29 is 5.11 Å². The number of nitrogens with zero attached hydrogens (tertiary/aromatic N) is 2. The summed E-state index contributed by atoms with van der Waals surface area (Å²) < 4.78 is 1.84. The minimum absolute atomic E-state index is 0.279. The third-order valence-electron chi connectivity index (χ3n) is 4.15. The normalized spacial score (nSPS) is 11.0. The highest BCUT2D eigenvalue weighted by Gasteiger charge is 2.23. The molecule has 4 aromatic rings. The summed E-state index contributed by atoms with van der Waals surface area (Å²) in [5.74, 6) is 0.279. The molecule has 0 bridgehead atoms. The predicted octanol–water partition coefficient (Wildman–Crippen LogP) is 5.59. The first-order chi connectivity index (χ1) is 12.1. The lowest BCUT2D eigenvalue weighted by atomic mass is 10.1. The first kappa shape index (κ1) is 15.7. The Hall–Kier alpha value is -2.85. The molecule has 2 aromatic carbocycles. The Morgan fingerprint density at radius 3 is 1.92 bits per heavy atom. The monoisotopic (exact) mass is 346 g/mol. The maximum absolute atomic E-state index is 11.1. The number of rotatable bonds is 3. The number of thiophene rings is 1. The number of aryl methyl sites for hydroxylation is 2. The summed E-state index contributed by atoms with van der Waals surface area (Å²) in [7, 11) is 0. The minimum Gasteiger partial charge on any atom is -0.504 e. The Labute approximate surface area is 150 Å². The van der Waals surface area contributed by atoms with Gasteiger partial charge in [0.2, 0.25) is 0 Å². The van der Waals surface area contributed by atoms with Crippen molar-refractivity contribution in [2.75, 3.05) is 0 Å². The van der Waals surface area contributed by atoms with Crippen molar-refractivity contribution in [3.63, 3.8) is 0 Å². The van der Waals surface area contributed by atoms with Gasteiger partial charge in [0.25, 0.3) is 0 Å². The van der Waals surface area contributed by atoms with E-state index in [0.717, 1.165) is 38.0 Å². The van der Waals surface area contributed by atoms with Crippen LogP contribution < -0.4 is 0 Å². The summed E-state index contributed by atoms with van der Waals surface area (Å²) in [5, 5.41) is 15.7. The Kier molecular flexibility index (Phi) is 3.90. The highest BCUT2D eigenvalue weighted by atomic mass is 32.1. The molecule has 1 N–H and O–H groups in total. The summed E-state index contributed by atoms with van der Waals surface area (Å²) in [6.45, 7) is 3.97. The topological polar surface area (TPSA) is 38.0 Å². The van der Waals surface area contributed by atoms with E-state index < -0.39 is 0 Å². The molecular formula is C21H18N2OS. The first-order valence-electron chi connectivity index (χ1n) is 8.15. The van der Waals surface area contributed by atoms with Crippen molar-refractivity contribution in [3.8, 4) is 32.3 Å². The Morgan fingerprint density at radius 2 is 1.40 bits per heavy atom. The van der Waals surface area contributed by atoms with Crippen LogP contribution in [0.25, 0.3) is 26.6 Å². The molecule has 25 heavy (non-hydrogen) atoms. The van der Waals surface area contributed by atoms with Crippen molar-refractivity contribution in [1.82, 2.24) is 9.78 Å². The van der Waals surface area contributed by atoms with E-state index in [1.165, 1.54) is 0 Å². The fraction of sp³-hybridized carbons (Fsp3) is 0.0952. The third kappa shape index (κ3) is 2.75. The quantitative estimate of drug-likeness (QED) is 0.525. The highest BCUT2D eigenvalue weighted by Crippen LogP contribution is 2.48. The third-order valence-corrected chi connectivity index (χ3v) is 5.42. The molecule has 0 atom stereocenters. The molecular weight excluding hydrogens is 328 g/mol. The van der Waals surface area contributed by atoms with Crippen LogP contribution in [0.2, 0.25) is 0 Å². The minimum atomic E-state index is 0.279. The van der Waals surface area contributed by atoms with E-state index in [-0.39, 0.29) is 5.75 Å². The zero-order valence-electron chi connectivity index (χ0n) is 14.1. The molecule has 0 spiro atoms. The lowest BCUT2D eigenvalue weighted by Gasteiger charge is -2.07. The smallest absolute Gasteiger partial charge is 0.160 e. The predicted molar refractivity (Wildman–Crippen MR) is 103 cm³/mol. The number of hydrogen-bond acceptors (Lipinski definition) is 3. The van der Waals surface area contributed by atoms with Gasteiger partial charge in [0.1, 0.15) is 5.69 Å².